The molecule has 1 aromatic rings. The number of carbonyl (C=O) groups excluding carboxylic acids is 2. The second-order valence-electron chi connectivity index (χ2n) is 6.31. The Bertz CT molecular complexity index is 573. The Hall–Kier alpha value is -1.88. The van der Waals surface area contributed by atoms with Crippen molar-refractivity contribution in [1.29, 1.82) is 0 Å². The largest absolute Gasteiger partial charge is 0.369 e. The van der Waals surface area contributed by atoms with Gasteiger partial charge < -0.3 is 10.6 Å². The average molecular weight is 301 g/mol. The lowest BCUT2D eigenvalue weighted by Gasteiger charge is -2.34. The predicted octanol–water partition coefficient (Wildman–Crippen LogP) is 0.769. The van der Waals surface area contributed by atoms with Gasteiger partial charge in [-0.25, -0.2) is 0 Å². The highest BCUT2D eigenvalue weighted by Gasteiger charge is 2.27. The Balaban J connectivity index is 1.58. The standard InChI is InChI=1S/C17H23N3O2/c18-17(22)15-6-3-8-19(10-15)12-16(21)20-9-7-13-4-1-2-5-14(13)11-20/h1-2,4-5,15H,3,6-12H2,(H2,18,22)/t15-/m0/s1. The fourth-order valence-electron chi connectivity index (χ4n) is 3.43. The van der Waals surface area contributed by atoms with E-state index >= 15 is 0 Å². The van der Waals surface area contributed by atoms with Gasteiger partial charge in [0.05, 0.1) is 12.5 Å². The number of nitrogens with two attached hydrogens (primary N) is 1. The minimum atomic E-state index is -0.246. The van der Waals surface area contributed by atoms with Crippen LogP contribution in [0.3, 0.4) is 0 Å². The maximum absolute atomic E-state index is 12.5. The van der Waals surface area contributed by atoms with Gasteiger partial charge in [-0.2, -0.15) is 0 Å². The number of primary amides is 1. The molecular weight excluding hydrogens is 278 g/mol. The zero-order valence-electron chi connectivity index (χ0n) is 12.8. The lowest BCUT2D eigenvalue weighted by molar-refractivity contribution is -0.135. The van der Waals surface area contributed by atoms with Gasteiger partial charge in [0.1, 0.15) is 0 Å². The van der Waals surface area contributed by atoms with Crippen LogP contribution in [0.15, 0.2) is 24.3 Å². The van der Waals surface area contributed by atoms with Crippen LogP contribution < -0.4 is 5.73 Å². The first-order valence-electron chi connectivity index (χ1n) is 7.99. The lowest BCUT2D eigenvalue weighted by atomic mass is 9.97. The Morgan fingerprint density at radius 3 is 2.73 bits per heavy atom. The lowest BCUT2D eigenvalue weighted by Crippen LogP contribution is -2.47. The molecule has 22 heavy (non-hydrogen) atoms. The van der Waals surface area contributed by atoms with E-state index in [0.29, 0.717) is 19.6 Å². The van der Waals surface area contributed by atoms with Crippen LogP contribution in [0.5, 0.6) is 0 Å². The molecule has 0 aromatic heterocycles. The van der Waals surface area contributed by atoms with Crippen molar-refractivity contribution < 1.29 is 9.59 Å². The molecule has 2 aliphatic rings. The zero-order chi connectivity index (χ0) is 15.5. The van der Waals surface area contributed by atoms with Gasteiger partial charge in [0.25, 0.3) is 0 Å². The maximum atomic E-state index is 12.5. The van der Waals surface area contributed by atoms with Gasteiger partial charge in [-0.3, -0.25) is 14.5 Å². The van der Waals surface area contributed by atoms with Crippen LogP contribution in [0.25, 0.3) is 0 Å². The van der Waals surface area contributed by atoms with Crippen LogP contribution in [0, 0.1) is 5.92 Å². The van der Waals surface area contributed by atoms with Gasteiger partial charge in [0.15, 0.2) is 0 Å². The molecule has 0 radical (unpaired) electrons. The smallest absolute Gasteiger partial charge is 0.237 e. The fourth-order valence-corrected chi connectivity index (χ4v) is 3.43. The van der Waals surface area contributed by atoms with Crippen LogP contribution in [-0.4, -0.2) is 47.8 Å². The van der Waals surface area contributed by atoms with Crippen molar-refractivity contribution in [2.75, 3.05) is 26.2 Å². The summed E-state index contributed by atoms with van der Waals surface area (Å²) in [6, 6.07) is 8.31. The topological polar surface area (TPSA) is 66.6 Å². The number of likely N-dealkylation sites (tertiary alicyclic amines) is 1. The van der Waals surface area contributed by atoms with Crippen molar-refractivity contribution in [2.45, 2.75) is 25.8 Å². The molecule has 2 aliphatic heterocycles. The van der Waals surface area contributed by atoms with Gasteiger partial charge in [-0.1, -0.05) is 24.3 Å². The highest BCUT2D eigenvalue weighted by molar-refractivity contribution is 5.79. The Morgan fingerprint density at radius 1 is 1.18 bits per heavy atom. The summed E-state index contributed by atoms with van der Waals surface area (Å²) in [5, 5.41) is 0. The molecule has 0 aliphatic carbocycles. The van der Waals surface area contributed by atoms with E-state index in [4.69, 9.17) is 5.73 Å². The van der Waals surface area contributed by atoms with Gasteiger partial charge in [-0.15, -0.1) is 0 Å². The van der Waals surface area contributed by atoms with Gasteiger partial charge in [-0.05, 0) is 36.9 Å². The summed E-state index contributed by atoms with van der Waals surface area (Å²) in [4.78, 5) is 27.8. The van der Waals surface area contributed by atoms with E-state index in [0.717, 1.165) is 32.4 Å². The number of nitrogens with zero attached hydrogens (tertiary/aromatic N) is 2. The minimum absolute atomic E-state index is 0.108. The van der Waals surface area contributed by atoms with Crippen LogP contribution in [0.2, 0.25) is 0 Å². The quantitative estimate of drug-likeness (QED) is 0.896. The number of piperidine rings is 1. The van der Waals surface area contributed by atoms with Crippen LogP contribution in [-0.2, 0) is 22.6 Å². The van der Waals surface area contributed by atoms with E-state index in [1.54, 1.807) is 0 Å². The predicted molar refractivity (Wildman–Crippen MR) is 83.9 cm³/mol. The molecule has 3 rings (SSSR count). The van der Waals surface area contributed by atoms with Crippen LogP contribution in [0.1, 0.15) is 24.0 Å². The van der Waals surface area contributed by atoms with Crippen LogP contribution >= 0.6 is 0 Å². The number of carbonyl (C=O) groups is 2. The van der Waals surface area contributed by atoms with Gasteiger partial charge >= 0.3 is 0 Å². The van der Waals surface area contributed by atoms with Crippen molar-refractivity contribution in [3.8, 4) is 0 Å². The summed E-state index contributed by atoms with van der Waals surface area (Å²) in [6.45, 7) is 3.36. The normalized spacial score (nSPS) is 22.2. The maximum Gasteiger partial charge on any atom is 0.237 e. The Morgan fingerprint density at radius 2 is 1.95 bits per heavy atom. The number of rotatable bonds is 3. The number of amides is 2. The number of benzene rings is 1. The molecule has 1 saturated heterocycles. The summed E-state index contributed by atoms with van der Waals surface area (Å²) in [5.41, 5.74) is 7.99. The molecule has 0 spiro atoms. The van der Waals surface area contributed by atoms with Crippen molar-refractivity contribution >= 4 is 11.8 Å². The third-order valence-corrected chi connectivity index (χ3v) is 4.75. The molecule has 5 nitrogen and oxygen atoms in total. The molecule has 0 unspecified atom stereocenters. The number of hydrogen-bond donors (Lipinski definition) is 1. The summed E-state index contributed by atoms with van der Waals surface area (Å²) in [7, 11) is 0. The fraction of sp³-hybridized carbons (Fsp3) is 0.529. The van der Waals surface area contributed by atoms with Crippen molar-refractivity contribution in [3.05, 3.63) is 35.4 Å². The van der Waals surface area contributed by atoms with Crippen molar-refractivity contribution in [2.24, 2.45) is 11.7 Å². The molecule has 1 fully saturated rings. The second-order valence-corrected chi connectivity index (χ2v) is 6.31. The summed E-state index contributed by atoms with van der Waals surface area (Å²) < 4.78 is 0. The first-order chi connectivity index (χ1) is 10.6. The van der Waals surface area contributed by atoms with Gasteiger partial charge in [0.2, 0.25) is 11.8 Å². The number of fused-ring (bicyclic) bond motifs is 1. The van der Waals surface area contributed by atoms with Crippen LogP contribution in [0.4, 0.5) is 0 Å². The molecule has 2 N–H and O–H groups in total. The van der Waals surface area contributed by atoms with E-state index in [1.165, 1.54) is 11.1 Å². The van der Waals surface area contributed by atoms with E-state index < -0.39 is 0 Å². The molecular formula is C17H23N3O2. The number of hydrogen-bond acceptors (Lipinski definition) is 3. The average Bonchev–Trinajstić information content (AvgIpc) is 2.54. The molecule has 118 valence electrons. The third kappa shape index (κ3) is 3.30. The Labute approximate surface area is 131 Å². The highest BCUT2D eigenvalue weighted by atomic mass is 16.2. The summed E-state index contributed by atoms with van der Waals surface area (Å²) >= 11 is 0. The molecule has 0 bridgehead atoms. The molecule has 1 atom stereocenters. The molecule has 1 aromatic carbocycles. The minimum Gasteiger partial charge on any atom is -0.369 e. The molecule has 0 saturated carbocycles. The Kier molecular flexibility index (Phi) is 4.43. The summed E-state index contributed by atoms with van der Waals surface area (Å²) in [6.07, 6.45) is 2.70. The SMILES string of the molecule is NC(=O)[C@H]1CCCN(CC(=O)N2CCc3ccccc3C2)C1. The molecule has 2 amide bonds. The van der Waals surface area contributed by atoms with E-state index in [2.05, 4.69) is 17.0 Å². The van der Waals surface area contributed by atoms with Gasteiger partial charge in [0, 0.05) is 19.6 Å². The third-order valence-electron chi connectivity index (χ3n) is 4.75. The molecule has 5 heteroatoms. The first kappa shape index (κ1) is 15.0. The second kappa shape index (κ2) is 6.48. The monoisotopic (exact) mass is 301 g/mol. The summed E-state index contributed by atoms with van der Waals surface area (Å²) in [5.74, 6) is -0.202. The van der Waals surface area contributed by atoms with Crippen molar-refractivity contribution in [1.82, 2.24) is 9.80 Å². The van der Waals surface area contributed by atoms with Crippen molar-refractivity contribution in [3.63, 3.8) is 0 Å². The first-order valence-corrected chi connectivity index (χ1v) is 7.99. The highest BCUT2D eigenvalue weighted by Crippen LogP contribution is 2.20. The zero-order valence-corrected chi connectivity index (χ0v) is 12.8. The molecule has 2 heterocycles. The van der Waals surface area contributed by atoms with E-state index in [1.807, 2.05) is 17.0 Å². The van der Waals surface area contributed by atoms with E-state index in [-0.39, 0.29) is 17.7 Å². The van der Waals surface area contributed by atoms with E-state index in [9.17, 15) is 9.59 Å².